The largest absolute Gasteiger partial charge is 0.495 e. The van der Waals surface area contributed by atoms with Gasteiger partial charge in [0.25, 0.3) is 0 Å². The predicted octanol–water partition coefficient (Wildman–Crippen LogP) is 4.50. The van der Waals surface area contributed by atoms with Crippen molar-refractivity contribution in [2.45, 2.75) is 12.8 Å². The Morgan fingerprint density at radius 2 is 1.89 bits per heavy atom. The number of methoxy groups -OCH3 is 1. The lowest BCUT2D eigenvalue weighted by molar-refractivity contribution is 0.416. The number of rotatable bonds is 6. The van der Waals surface area contributed by atoms with Gasteiger partial charge in [-0.15, -0.1) is 0 Å². The topological polar surface area (TPSA) is 21.3 Å². The molecule has 0 amide bonds. The molecule has 0 aliphatic rings. The Morgan fingerprint density at radius 3 is 2.63 bits per heavy atom. The van der Waals surface area contributed by atoms with Crippen LogP contribution < -0.4 is 10.1 Å². The molecule has 100 valence electrons. The van der Waals surface area contributed by atoms with Crippen molar-refractivity contribution in [1.29, 1.82) is 0 Å². The summed E-state index contributed by atoms with van der Waals surface area (Å²) >= 11 is 3.48. The molecule has 2 aromatic rings. The number of benzene rings is 2. The molecule has 0 aromatic heterocycles. The highest BCUT2D eigenvalue weighted by atomic mass is 79.9. The van der Waals surface area contributed by atoms with Gasteiger partial charge in [-0.2, -0.15) is 0 Å². The predicted molar refractivity (Wildman–Crippen MR) is 83.9 cm³/mol. The Balaban J connectivity index is 1.84. The molecule has 1 N–H and O–H groups in total. The molecule has 0 saturated heterocycles. The first-order valence-corrected chi connectivity index (χ1v) is 7.20. The maximum absolute atomic E-state index is 5.33. The van der Waals surface area contributed by atoms with Gasteiger partial charge in [-0.1, -0.05) is 46.3 Å². The number of anilines is 1. The molecule has 2 nitrogen and oxygen atoms in total. The van der Waals surface area contributed by atoms with E-state index in [1.165, 1.54) is 5.56 Å². The standard InChI is InChI=1S/C16H18BrNO/c1-19-16-10-9-14(17)12-15(16)18-11-5-8-13-6-3-2-4-7-13/h2-4,6-7,9-10,12,18H,5,8,11H2,1H3. The zero-order valence-corrected chi connectivity index (χ0v) is 12.6. The Labute approximate surface area is 122 Å². The molecule has 0 aliphatic heterocycles. The van der Waals surface area contributed by atoms with E-state index in [0.29, 0.717) is 0 Å². The number of hydrogen-bond donors (Lipinski definition) is 1. The van der Waals surface area contributed by atoms with Crippen LogP contribution in [0.2, 0.25) is 0 Å². The van der Waals surface area contributed by atoms with Gasteiger partial charge in [0.2, 0.25) is 0 Å². The van der Waals surface area contributed by atoms with Crippen molar-refractivity contribution in [2.75, 3.05) is 19.0 Å². The normalized spacial score (nSPS) is 10.2. The summed E-state index contributed by atoms with van der Waals surface area (Å²) in [6.07, 6.45) is 2.18. The first kappa shape index (κ1) is 13.9. The lowest BCUT2D eigenvalue weighted by Gasteiger charge is -2.11. The van der Waals surface area contributed by atoms with Crippen LogP contribution >= 0.6 is 15.9 Å². The molecule has 0 heterocycles. The summed E-state index contributed by atoms with van der Waals surface area (Å²) in [6.45, 7) is 0.932. The van der Waals surface area contributed by atoms with Gasteiger partial charge >= 0.3 is 0 Å². The van der Waals surface area contributed by atoms with Crippen molar-refractivity contribution >= 4 is 21.6 Å². The van der Waals surface area contributed by atoms with E-state index in [1.807, 2.05) is 24.3 Å². The van der Waals surface area contributed by atoms with Crippen LogP contribution in [0.25, 0.3) is 0 Å². The number of aryl methyl sites for hydroxylation is 1. The third-order valence-corrected chi connectivity index (χ3v) is 3.46. The van der Waals surface area contributed by atoms with Crippen LogP contribution in [0.5, 0.6) is 5.75 Å². The average Bonchev–Trinajstić information content (AvgIpc) is 2.45. The molecule has 19 heavy (non-hydrogen) atoms. The first-order valence-electron chi connectivity index (χ1n) is 6.41. The molecule has 0 unspecified atom stereocenters. The SMILES string of the molecule is COc1ccc(Br)cc1NCCCc1ccccc1. The number of halogens is 1. The summed E-state index contributed by atoms with van der Waals surface area (Å²) in [5.41, 5.74) is 2.41. The van der Waals surface area contributed by atoms with E-state index in [1.54, 1.807) is 7.11 Å². The summed E-state index contributed by atoms with van der Waals surface area (Å²) in [4.78, 5) is 0. The number of ether oxygens (including phenoxy) is 1. The lowest BCUT2D eigenvalue weighted by Crippen LogP contribution is -2.04. The maximum atomic E-state index is 5.33. The zero-order valence-electron chi connectivity index (χ0n) is 11.0. The number of nitrogens with one attached hydrogen (secondary N) is 1. The summed E-state index contributed by atoms with van der Waals surface area (Å²) < 4.78 is 6.39. The van der Waals surface area contributed by atoms with E-state index in [-0.39, 0.29) is 0 Å². The molecule has 0 radical (unpaired) electrons. The van der Waals surface area contributed by atoms with Crippen LogP contribution in [0.15, 0.2) is 53.0 Å². The molecular formula is C16H18BrNO. The van der Waals surface area contributed by atoms with Gasteiger partial charge in [0.1, 0.15) is 5.75 Å². The minimum Gasteiger partial charge on any atom is -0.495 e. The molecular weight excluding hydrogens is 302 g/mol. The van der Waals surface area contributed by atoms with Crippen molar-refractivity contribution in [2.24, 2.45) is 0 Å². The van der Waals surface area contributed by atoms with E-state index in [0.717, 1.165) is 35.3 Å². The van der Waals surface area contributed by atoms with Crippen molar-refractivity contribution < 1.29 is 4.74 Å². The van der Waals surface area contributed by atoms with Crippen LogP contribution in [0.1, 0.15) is 12.0 Å². The molecule has 2 rings (SSSR count). The molecule has 0 fully saturated rings. The average molecular weight is 320 g/mol. The minimum absolute atomic E-state index is 0.878. The van der Waals surface area contributed by atoms with Gasteiger partial charge < -0.3 is 10.1 Å². The van der Waals surface area contributed by atoms with Crippen LogP contribution in [0.4, 0.5) is 5.69 Å². The molecule has 0 spiro atoms. The van der Waals surface area contributed by atoms with Gasteiger partial charge in [0.15, 0.2) is 0 Å². The highest BCUT2D eigenvalue weighted by Gasteiger charge is 2.02. The third kappa shape index (κ3) is 4.28. The van der Waals surface area contributed by atoms with Gasteiger partial charge in [0, 0.05) is 11.0 Å². The maximum Gasteiger partial charge on any atom is 0.142 e. The summed E-state index contributed by atoms with van der Waals surface area (Å²) in [5, 5.41) is 3.42. The molecule has 0 saturated carbocycles. The van der Waals surface area contributed by atoms with Gasteiger partial charge in [0.05, 0.1) is 12.8 Å². The Bertz CT molecular complexity index is 513. The van der Waals surface area contributed by atoms with Gasteiger partial charge in [-0.05, 0) is 36.6 Å². The van der Waals surface area contributed by atoms with Crippen molar-refractivity contribution in [3.05, 3.63) is 58.6 Å². The van der Waals surface area contributed by atoms with E-state index < -0.39 is 0 Å². The van der Waals surface area contributed by atoms with Gasteiger partial charge in [-0.3, -0.25) is 0 Å². The van der Waals surface area contributed by atoms with Gasteiger partial charge in [-0.25, -0.2) is 0 Å². The first-order chi connectivity index (χ1) is 9.29. The quantitative estimate of drug-likeness (QED) is 0.791. The van der Waals surface area contributed by atoms with Crippen LogP contribution in [-0.2, 0) is 6.42 Å². The summed E-state index contributed by atoms with van der Waals surface area (Å²) in [6, 6.07) is 16.5. The van der Waals surface area contributed by atoms with E-state index in [9.17, 15) is 0 Å². The zero-order chi connectivity index (χ0) is 13.5. The minimum atomic E-state index is 0.878. The van der Waals surface area contributed by atoms with Crippen LogP contribution in [0.3, 0.4) is 0 Å². The van der Waals surface area contributed by atoms with Crippen LogP contribution in [0, 0.1) is 0 Å². The fourth-order valence-electron chi connectivity index (χ4n) is 1.98. The monoisotopic (exact) mass is 319 g/mol. The number of hydrogen-bond acceptors (Lipinski definition) is 2. The summed E-state index contributed by atoms with van der Waals surface area (Å²) in [5.74, 6) is 0.878. The molecule has 0 bridgehead atoms. The lowest BCUT2D eigenvalue weighted by atomic mass is 10.1. The second-order valence-electron chi connectivity index (χ2n) is 4.36. The fraction of sp³-hybridized carbons (Fsp3) is 0.250. The van der Waals surface area contributed by atoms with Crippen molar-refractivity contribution in [1.82, 2.24) is 0 Å². The van der Waals surface area contributed by atoms with E-state index in [4.69, 9.17) is 4.74 Å². The molecule has 2 aromatic carbocycles. The fourth-order valence-corrected chi connectivity index (χ4v) is 2.34. The second kappa shape index (κ2) is 7.19. The van der Waals surface area contributed by atoms with Crippen molar-refractivity contribution in [3.8, 4) is 5.75 Å². The Morgan fingerprint density at radius 1 is 1.11 bits per heavy atom. The second-order valence-corrected chi connectivity index (χ2v) is 5.28. The van der Waals surface area contributed by atoms with E-state index in [2.05, 4.69) is 45.5 Å². The Kier molecular flexibility index (Phi) is 5.28. The highest BCUT2D eigenvalue weighted by molar-refractivity contribution is 9.10. The molecule has 0 atom stereocenters. The van der Waals surface area contributed by atoms with Crippen molar-refractivity contribution in [3.63, 3.8) is 0 Å². The molecule has 0 aliphatic carbocycles. The smallest absolute Gasteiger partial charge is 0.142 e. The molecule has 3 heteroatoms. The summed E-state index contributed by atoms with van der Waals surface area (Å²) in [7, 11) is 1.69. The Hall–Kier alpha value is -1.48. The van der Waals surface area contributed by atoms with Crippen LogP contribution in [-0.4, -0.2) is 13.7 Å². The third-order valence-electron chi connectivity index (χ3n) is 2.96. The highest BCUT2D eigenvalue weighted by Crippen LogP contribution is 2.27. The van der Waals surface area contributed by atoms with E-state index >= 15 is 0 Å².